The monoisotopic (exact) mass is 854 g/mol. The van der Waals surface area contributed by atoms with Gasteiger partial charge in [0.15, 0.2) is 0 Å². The maximum absolute atomic E-state index is 8.48. The van der Waals surface area contributed by atoms with Crippen molar-refractivity contribution in [1.29, 1.82) is 0 Å². The molecule has 0 bridgehead atoms. The molecule has 247 valence electrons. The zero-order valence-corrected chi connectivity index (χ0v) is 32.3. The van der Waals surface area contributed by atoms with Gasteiger partial charge in [0.1, 0.15) is 0 Å². The van der Waals surface area contributed by atoms with Gasteiger partial charge in [-0.2, -0.15) is 11.3 Å². The summed E-state index contributed by atoms with van der Waals surface area (Å²) in [5.41, 5.74) is 6.99. The van der Waals surface area contributed by atoms with Crippen molar-refractivity contribution in [1.82, 2.24) is 14.5 Å². The molecular formula is C43H39IrN3SSi-2. The van der Waals surface area contributed by atoms with Crippen molar-refractivity contribution in [2.45, 2.75) is 46.2 Å². The molecule has 0 saturated carbocycles. The number of hydrogen-bond acceptors (Lipinski definition) is 3. The molecule has 6 heteroatoms. The Kier molecular flexibility index (Phi) is 8.69. The molecule has 0 aliphatic rings. The molecule has 49 heavy (non-hydrogen) atoms. The third-order valence-electron chi connectivity index (χ3n) is 8.48. The number of pyridine rings is 1. The second-order valence-corrected chi connectivity index (χ2v) is 19.2. The largest absolute Gasteiger partial charge is 0.333 e. The number of benzene rings is 5. The van der Waals surface area contributed by atoms with Crippen LogP contribution in [0.4, 0.5) is 0 Å². The zero-order chi connectivity index (χ0) is 36.8. The number of aromatic nitrogens is 3. The van der Waals surface area contributed by atoms with Crippen molar-refractivity contribution in [3.63, 3.8) is 0 Å². The Labute approximate surface area is 313 Å². The maximum Gasteiger partial charge on any atom is 0.0799 e. The van der Waals surface area contributed by atoms with Crippen LogP contribution >= 0.6 is 11.3 Å². The van der Waals surface area contributed by atoms with E-state index < -0.39 is 20.8 Å². The fourth-order valence-electron chi connectivity index (χ4n) is 6.09. The molecule has 8 rings (SSSR count). The standard InChI is InChI=1S/C25H15N2S.C18H24NSi.Ir/c1-2-9-17(10-3-1)27-22-15-6-5-14-21(22)26-25(27)20-13-8-12-19-18-11-4-7-16-23(18)28-24(19)20;1-13(2)16-11-17(15-9-7-14(3)8-10-15)19-12-18(16)20(4,5)6;/h1-12,14-16H;7-9,11-13H,1-6H3;/q2*-1;/i;3D3,13D;. The zero-order valence-electron chi connectivity index (χ0n) is 32.1. The normalized spacial score (nSPS) is 13.2. The minimum absolute atomic E-state index is 0. The molecular weight excluding hydrogens is 811 g/mol. The Morgan fingerprint density at radius 1 is 0.857 bits per heavy atom. The fourth-order valence-corrected chi connectivity index (χ4v) is 8.86. The van der Waals surface area contributed by atoms with Gasteiger partial charge in [0.25, 0.3) is 0 Å². The van der Waals surface area contributed by atoms with Crippen molar-refractivity contribution >= 4 is 55.8 Å². The number of hydrogen-bond donors (Lipinski definition) is 0. The van der Waals surface area contributed by atoms with Gasteiger partial charge in [-0.05, 0) is 57.2 Å². The molecule has 0 N–H and O–H groups in total. The first-order valence-electron chi connectivity index (χ1n) is 18.1. The third-order valence-corrected chi connectivity index (χ3v) is 11.7. The number of thiophene rings is 1. The van der Waals surface area contributed by atoms with Crippen molar-refractivity contribution in [3.05, 3.63) is 145 Å². The average molecular weight is 854 g/mol. The molecule has 3 heterocycles. The van der Waals surface area contributed by atoms with Gasteiger partial charge in [-0.15, -0.1) is 53.6 Å². The van der Waals surface area contributed by atoms with Crippen molar-refractivity contribution < 1.29 is 25.6 Å². The van der Waals surface area contributed by atoms with E-state index in [1.165, 1.54) is 31.4 Å². The summed E-state index contributed by atoms with van der Waals surface area (Å²) in [6, 6.07) is 44.8. The molecule has 0 unspecified atom stereocenters. The molecule has 5 aromatic carbocycles. The van der Waals surface area contributed by atoms with Gasteiger partial charge in [-0.1, -0.05) is 111 Å². The molecule has 0 aliphatic heterocycles. The van der Waals surface area contributed by atoms with E-state index in [4.69, 9.17) is 10.5 Å². The van der Waals surface area contributed by atoms with Gasteiger partial charge >= 0.3 is 0 Å². The molecule has 0 atom stereocenters. The molecule has 3 nitrogen and oxygen atoms in total. The molecule has 1 radical (unpaired) electrons. The minimum atomic E-state index is -2.13. The smallest absolute Gasteiger partial charge is 0.0799 e. The number of fused-ring (bicyclic) bond motifs is 4. The summed E-state index contributed by atoms with van der Waals surface area (Å²) >= 11 is 1.81. The first-order valence-corrected chi connectivity index (χ1v) is 20.4. The van der Waals surface area contributed by atoms with E-state index in [2.05, 4.69) is 114 Å². The van der Waals surface area contributed by atoms with Gasteiger partial charge < -0.3 is 9.55 Å². The Morgan fingerprint density at radius 2 is 1.61 bits per heavy atom. The summed E-state index contributed by atoms with van der Waals surface area (Å²) in [5.74, 6) is 0.218. The number of para-hydroxylation sites is 3. The molecule has 0 amide bonds. The molecule has 0 fully saturated rings. The van der Waals surface area contributed by atoms with E-state index in [0.29, 0.717) is 0 Å². The van der Waals surface area contributed by atoms with E-state index in [1.54, 1.807) is 12.1 Å². The Hall–Kier alpha value is -4.19. The average Bonchev–Trinajstić information content (AvgIpc) is 3.70. The van der Waals surface area contributed by atoms with E-state index in [0.717, 1.165) is 44.9 Å². The fraction of sp³-hybridized carbons (Fsp3) is 0.163. The summed E-state index contributed by atoms with van der Waals surface area (Å²) in [5, 5.41) is 3.74. The van der Waals surface area contributed by atoms with Crippen LogP contribution in [0.2, 0.25) is 19.6 Å². The molecule has 3 aromatic heterocycles. The Bertz CT molecular complexity index is 2530. The van der Waals surface area contributed by atoms with Crippen LogP contribution in [0.1, 0.15) is 36.4 Å². The molecule has 0 spiro atoms. The predicted molar refractivity (Wildman–Crippen MR) is 209 cm³/mol. The summed E-state index contributed by atoms with van der Waals surface area (Å²) in [7, 11) is -1.61. The van der Waals surface area contributed by atoms with E-state index in [9.17, 15) is 0 Å². The van der Waals surface area contributed by atoms with E-state index in [1.807, 2.05) is 55.6 Å². The maximum atomic E-state index is 8.48. The Morgan fingerprint density at radius 3 is 2.35 bits per heavy atom. The van der Waals surface area contributed by atoms with Gasteiger partial charge in [0, 0.05) is 42.2 Å². The van der Waals surface area contributed by atoms with Crippen LogP contribution in [-0.2, 0) is 20.1 Å². The van der Waals surface area contributed by atoms with Crippen LogP contribution in [0.5, 0.6) is 0 Å². The predicted octanol–water partition coefficient (Wildman–Crippen LogP) is 11.4. The number of nitrogens with zero attached hydrogens (tertiary/aromatic N) is 3. The van der Waals surface area contributed by atoms with Crippen molar-refractivity contribution in [2.24, 2.45) is 0 Å². The summed E-state index contributed by atoms with van der Waals surface area (Å²) in [4.78, 5) is 9.58. The van der Waals surface area contributed by atoms with Gasteiger partial charge in [0.2, 0.25) is 0 Å². The van der Waals surface area contributed by atoms with Crippen molar-refractivity contribution in [3.8, 4) is 28.3 Å². The van der Waals surface area contributed by atoms with Crippen LogP contribution in [0.15, 0.2) is 121 Å². The van der Waals surface area contributed by atoms with E-state index in [-0.39, 0.29) is 25.7 Å². The number of imidazole rings is 1. The third kappa shape index (κ3) is 6.97. The second-order valence-electron chi connectivity index (χ2n) is 13.1. The molecule has 0 aliphatic carbocycles. The van der Waals surface area contributed by atoms with Gasteiger partial charge in [-0.25, -0.2) is 0 Å². The Balaban J connectivity index is 0.000000181. The quantitative estimate of drug-likeness (QED) is 0.128. The SMILES string of the molecule is [2H]C([2H])([2H])c1c[c-]c(-c2cc(C([2H])(C)C)c([Si](C)(C)C)cn2)cc1.[Ir].[c-]1ccc2c(sc3ccccc32)c1-c1nc2ccccc2n1-c1ccccc1. The van der Waals surface area contributed by atoms with Crippen LogP contribution in [0, 0.1) is 19.0 Å². The first kappa shape index (κ1) is 29.7. The topological polar surface area (TPSA) is 30.7 Å². The number of rotatable bonds is 5. The van der Waals surface area contributed by atoms with Crippen LogP contribution < -0.4 is 5.19 Å². The summed E-state index contributed by atoms with van der Waals surface area (Å²) in [6.45, 7) is 8.38. The molecule has 0 saturated heterocycles. The number of aryl methyl sites for hydroxylation is 1. The minimum Gasteiger partial charge on any atom is -0.333 e. The van der Waals surface area contributed by atoms with Crippen molar-refractivity contribution in [2.75, 3.05) is 0 Å². The van der Waals surface area contributed by atoms with Crippen LogP contribution in [0.25, 0.3) is 59.5 Å². The second kappa shape index (κ2) is 14.3. The van der Waals surface area contributed by atoms with Gasteiger partial charge in [-0.3, -0.25) is 4.98 Å². The van der Waals surface area contributed by atoms with Gasteiger partial charge in [0.05, 0.1) is 24.9 Å². The van der Waals surface area contributed by atoms with Crippen LogP contribution in [0.3, 0.4) is 0 Å². The summed E-state index contributed by atoms with van der Waals surface area (Å²) in [6.07, 6.45) is 1.89. The van der Waals surface area contributed by atoms with E-state index >= 15 is 0 Å². The first-order chi connectivity index (χ1) is 24.7. The summed E-state index contributed by atoms with van der Waals surface area (Å²) < 4.78 is 35.6. The molecule has 8 aromatic rings. The van der Waals surface area contributed by atoms with Crippen LogP contribution in [-0.4, -0.2) is 22.6 Å².